The van der Waals surface area contributed by atoms with Crippen LogP contribution in [0.1, 0.15) is 5.56 Å². The SMILES string of the molecule is Cc1cccc(OCCNS(=O)(=O)CBr)c1. The van der Waals surface area contributed by atoms with Crippen molar-refractivity contribution in [2.75, 3.05) is 17.8 Å². The molecular weight excluding hydrogens is 294 g/mol. The van der Waals surface area contributed by atoms with E-state index in [2.05, 4.69) is 20.7 Å². The van der Waals surface area contributed by atoms with Crippen LogP contribution in [0.2, 0.25) is 0 Å². The Morgan fingerprint density at radius 2 is 2.19 bits per heavy atom. The van der Waals surface area contributed by atoms with Crippen LogP contribution in [-0.2, 0) is 10.0 Å². The summed E-state index contributed by atoms with van der Waals surface area (Å²) < 4.78 is 29.8. The Hall–Kier alpha value is -0.590. The zero-order chi connectivity index (χ0) is 12.0. The first-order valence-corrected chi connectivity index (χ1v) is 7.53. The van der Waals surface area contributed by atoms with E-state index >= 15 is 0 Å². The Balaban J connectivity index is 2.32. The third kappa shape index (κ3) is 4.96. The number of aryl methyl sites for hydroxylation is 1. The van der Waals surface area contributed by atoms with Gasteiger partial charge < -0.3 is 4.74 Å². The second kappa shape index (κ2) is 6.22. The average Bonchev–Trinajstić information content (AvgIpc) is 2.25. The first-order chi connectivity index (χ1) is 7.53. The van der Waals surface area contributed by atoms with E-state index in [1.807, 2.05) is 31.2 Å². The van der Waals surface area contributed by atoms with Gasteiger partial charge in [-0.1, -0.05) is 28.1 Å². The van der Waals surface area contributed by atoms with Gasteiger partial charge >= 0.3 is 0 Å². The lowest BCUT2D eigenvalue weighted by Crippen LogP contribution is -2.28. The van der Waals surface area contributed by atoms with E-state index in [1.54, 1.807) is 0 Å². The second-order valence-corrected chi connectivity index (χ2v) is 6.39. The molecule has 16 heavy (non-hydrogen) atoms. The van der Waals surface area contributed by atoms with Crippen LogP contribution in [0.25, 0.3) is 0 Å². The van der Waals surface area contributed by atoms with Crippen LogP contribution >= 0.6 is 15.9 Å². The maximum Gasteiger partial charge on any atom is 0.221 e. The highest BCUT2D eigenvalue weighted by atomic mass is 79.9. The molecule has 1 rings (SSSR count). The normalized spacial score (nSPS) is 11.4. The molecule has 0 heterocycles. The van der Waals surface area contributed by atoms with E-state index in [0.29, 0.717) is 6.61 Å². The zero-order valence-corrected chi connectivity index (χ0v) is 11.3. The van der Waals surface area contributed by atoms with Gasteiger partial charge in [0.25, 0.3) is 0 Å². The van der Waals surface area contributed by atoms with Crippen molar-refractivity contribution in [1.82, 2.24) is 4.72 Å². The van der Waals surface area contributed by atoms with Crippen LogP contribution in [0.15, 0.2) is 24.3 Å². The van der Waals surface area contributed by atoms with Gasteiger partial charge in [0.1, 0.15) is 17.0 Å². The Labute approximate surface area is 104 Å². The number of ether oxygens (including phenoxy) is 1. The molecule has 0 fully saturated rings. The van der Waals surface area contributed by atoms with E-state index in [0.717, 1.165) is 11.3 Å². The molecule has 4 nitrogen and oxygen atoms in total. The molecule has 0 aliphatic heterocycles. The van der Waals surface area contributed by atoms with Gasteiger partial charge in [-0.05, 0) is 24.6 Å². The molecule has 0 bridgehead atoms. The monoisotopic (exact) mass is 307 g/mol. The molecule has 0 aliphatic rings. The van der Waals surface area contributed by atoms with Crippen molar-refractivity contribution < 1.29 is 13.2 Å². The molecule has 0 atom stereocenters. The summed E-state index contributed by atoms with van der Waals surface area (Å²) >= 11 is 2.89. The van der Waals surface area contributed by atoms with E-state index in [-0.39, 0.29) is 11.2 Å². The molecule has 0 unspecified atom stereocenters. The number of halogens is 1. The smallest absolute Gasteiger partial charge is 0.221 e. The van der Waals surface area contributed by atoms with E-state index in [9.17, 15) is 8.42 Å². The second-order valence-electron chi connectivity index (χ2n) is 3.28. The molecular formula is C10H14BrNO3S. The third-order valence-corrected chi connectivity index (χ3v) is 4.57. The summed E-state index contributed by atoms with van der Waals surface area (Å²) in [6.07, 6.45) is 0. The van der Waals surface area contributed by atoms with E-state index in [4.69, 9.17) is 4.74 Å². The lowest BCUT2D eigenvalue weighted by atomic mass is 10.2. The molecule has 0 aromatic heterocycles. The summed E-state index contributed by atoms with van der Waals surface area (Å²) in [7, 11) is -3.20. The number of benzene rings is 1. The van der Waals surface area contributed by atoms with Crippen LogP contribution in [0.4, 0.5) is 0 Å². The van der Waals surface area contributed by atoms with Gasteiger partial charge in [0.15, 0.2) is 0 Å². The Kier molecular flexibility index (Phi) is 5.24. The maximum absolute atomic E-state index is 11.1. The first-order valence-electron chi connectivity index (χ1n) is 4.76. The standard InChI is InChI=1S/C10H14BrNO3S/c1-9-3-2-4-10(7-9)15-6-5-12-16(13,14)8-11/h2-4,7,12H,5-6,8H2,1H3. The van der Waals surface area contributed by atoms with Crippen LogP contribution in [0.5, 0.6) is 5.75 Å². The van der Waals surface area contributed by atoms with Crippen molar-refractivity contribution in [3.8, 4) is 5.75 Å². The van der Waals surface area contributed by atoms with E-state index in [1.165, 1.54) is 0 Å². The molecule has 0 spiro atoms. The van der Waals surface area contributed by atoms with Crippen molar-refractivity contribution in [3.05, 3.63) is 29.8 Å². The van der Waals surface area contributed by atoms with Crippen LogP contribution in [0.3, 0.4) is 0 Å². The van der Waals surface area contributed by atoms with Gasteiger partial charge in [0.05, 0.1) is 0 Å². The minimum Gasteiger partial charge on any atom is -0.492 e. The molecule has 0 saturated carbocycles. The number of rotatable bonds is 6. The van der Waals surface area contributed by atoms with Crippen molar-refractivity contribution in [2.24, 2.45) is 0 Å². The molecule has 0 saturated heterocycles. The highest BCUT2D eigenvalue weighted by Crippen LogP contribution is 2.11. The zero-order valence-electron chi connectivity index (χ0n) is 8.94. The van der Waals surface area contributed by atoms with E-state index < -0.39 is 10.0 Å². The molecule has 0 aliphatic carbocycles. The van der Waals surface area contributed by atoms with Crippen molar-refractivity contribution >= 4 is 26.0 Å². The number of nitrogens with one attached hydrogen (secondary N) is 1. The lowest BCUT2D eigenvalue weighted by Gasteiger charge is -2.07. The topological polar surface area (TPSA) is 55.4 Å². The maximum atomic E-state index is 11.1. The number of alkyl halides is 1. The summed E-state index contributed by atoms with van der Waals surface area (Å²) in [5.41, 5.74) is 1.11. The molecule has 1 aromatic carbocycles. The van der Waals surface area contributed by atoms with Gasteiger partial charge in [0.2, 0.25) is 10.0 Å². The van der Waals surface area contributed by atoms with Gasteiger partial charge in [-0.3, -0.25) is 0 Å². The van der Waals surface area contributed by atoms with Crippen molar-refractivity contribution in [3.63, 3.8) is 0 Å². The Morgan fingerprint density at radius 3 is 2.81 bits per heavy atom. The largest absolute Gasteiger partial charge is 0.492 e. The summed E-state index contributed by atoms with van der Waals surface area (Å²) in [5.74, 6) is 0.748. The lowest BCUT2D eigenvalue weighted by molar-refractivity contribution is 0.323. The fourth-order valence-corrected chi connectivity index (χ4v) is 2.07. The molecule has 6 heteroatoms. The quantitative estimate of drug-likeness (QED) is 0.642. The van der Waals surface area contributed by atoms with Gasteiger partial charge in [-0.15, -0.1) is 0 Å². The van der Waals surface area contributed by atoms with Crippen molar-refractivity contribution in [1.29, 1.82) is 0 Å². The predicted octanol–water partition coefficient (Wildman–Crippen LogP) is 1.65. The molecule has 1 aromatic rings. The van der Waals surface area contributed by atoms with Crippen LogP contribution in [-0.4, -0.2) is 26.2 Å². The summed E-state index contributed by atoms with van der Waals surface area (Å²) in [6.45, 7) is 2.55. The molecule has 90 valence electrons. The fraction of sp³-hybridized carbons (Fsp3) is 0.400. The highest BCUT2D eigenvalue weighted by molar-refractivity contribution is 9.10. The summed E-state index contributed by atoms with van der Waals surface area (Å²) in [4.78, 5) is 0. The third-order valence-electron chi connectivity index (χ3n) is 1.83. The summed E-state index contributed by atoms with van der Waals surface area (Å²) in [5, 5.41) is 0. The highest BCUT2D eigenvalue weighted by Gasteiger charge is 2.05. The molecule has 0 radical (unpaired) electrons. The van der Waals surface area contributed by atoms with Gasteiger partial charge in [-0.25, -0.2) is 13.1 Å². The van der Waals surface area contributed by atoms with Crippen LogP contribution in [0, 0.1) is 6.92 Å². The molecule has 0 amide bonds. The average molecular weight is 308 g/mol. The van der Waals surface area contributed by atoms with Crippen molar-refractivity contribution in [2.45, 2.75) is 6.92 Å². The Morgan fingerprint density at radius 1 is 1.44 bits per heavy atom. The number of hydrogen-bond acceptors (Lipinski definition) is 3. The first kappa shape index (κ1) is 13.5. The van der Waals surface area contributed by atoms with Gasteiger partial charge in [0, 0.05) is 6.54 Å². The summed E-state index contributed by atoms with van der Waals surface area (Å²) in [6, 6.07) is 7.61. The molecule has 1 N–H and O–H groups in total. The van der Waals surface area contributed by atoms with Crippen LogP contribution < -0.4 is 9.46 Å². The predicted molar refractivity (Wildman–Crippen MR) is 67.4 cm³/mol. The number of hydrogen-bond donors (Lipinski definition) is 1. The number of sulfonamides is 1. The van der Waals surface area contributed by atoms with Gasteiger partial charge in [-0.2, -0.15) is 0 Å². The minimum atomic E-state index is -3.20. The fourth-order valence-electron chi connectivity index (χ4n) is 1.11. The Bertz CT molecular complexity index is 433. The minimum absolute atomic E-state index is 0.0928.